The zero-order valence-electron chi connectivity index (χ0n) is 9.48. The Hall–Kier alpha value is -0.780. The van der Waals surface area contributed by atoms with Gasteiger partial charge in [0.05, 0.1) is 0 Å². The summed E-state index contributed by atoms with van der Waals surface area (Å²) in [5, 5.41) is 0. The highest BCUT2D eigenvalue weighted by molar-refractivity contribution is 5.33. The predicted octanol–water partition coefficient (Wildman–Crippen LogP) is 4.65. The summed E-state index contributed by atoms with van der Waals surface area (Å²) in [7, 11) is 0. The Morgan fingerprint density at radius 1 is 1.31 bits per heavy atom. The molecule has 0 heteroatoms. The van der Waals surface area contributed by atoms with Crippen LogP contribution in [0, 0.1) is 0 Å². The van der Waals surface area contributed by atoms with E-state index in [2.05, 4.69) is 46.4 Å². The quantitative estimate of drug-likeness (QED) is 0.538. The van der Waals surface area contributed by atoms with E-state index in [1.54, 1.807) is 0 Å². The second-order valence-corrected chi connectivity index (χ2v) is 3.40. The van der Waals surface area contributed by atoms with E-state index >= 15 is 0 Å². The minimum Gasteiger partial charge on any atom is -0.0956 e. The Balaban J connectivity index is 4.38. The van der Waals surface area contributed by atoms with Crippen LogP contribution in [0.25, 0.3) is 0 Å². The van der Waals surface area contributed by atoms with Crippen molar-refractivity contribution in [2.45, 2.75) is 47.0 Å². The smallest absolute Gasteiger partial charge is 0.0285 e. The molecule has 0 atom stereocenters. The molecule has 0 heterocycles. The summed E-state index contributed by atoms with van der Waals surface area (Å²) in [5.74, 6) is 0. The van der Waals surface area contributed by atoms with Crippen molar-refractivity contribution in [3.05, 3.63) is 35.5 Å². The van der Waals surface area contributed by atoms with Crippen LogP contribution in [-0.4, -0.2) is 0 Å². The lowest BCUT2D eigenvalue weighted by Crippen LogP contribution is -1.85. The average molecular weight is 178 g/mol. The van der Waals surface area contributed by atoms with Crippen LogP contribution in [0.3, 0.4) is 0 Å². The predicted molar refractivity (Wildman–Crippen MR) is 61.9 cm³/mol. The van der Waals surface area contributed by atoms with E-state index in [9.17, 15) is 0 Å². The maximum absolute atomic E-state index is 4.07. The minimum absolute atomic E-state index is 1.10. The van der Waals surface area contributed by atoms with Crippen molar-refractivity contribution in [1.82, 2.24) is 0 Å². The highest BCUT2D eigenvalue weighted by Crippen LogP contribution is 2.16. The minimum atomic E-state index is 1.10. The fourth-order valence-corrected chi connectivity index (χ4v) is 1.27. The maximum atomic E-state index is 4.07. The van der Waals surface area contributed by atoms with Gasteiger partial charge in [-0.15, -0.1) is 0 Å². The Bertz CT molecular complexity index is 216. The van der Waals surface area contributed by atoms with E-state index in [-0.39, 0.29) is 0 Å². The van der Waals surface area contributed by atoms with Gasteiger partial charge in [-0.25, -0.2) is 0 Å². The van der Waals surface area contributed by atoms with Gasteiger partial charge in [0.1, 0.15) is 0 Å². The second kappa shape index (κ2) is 6.71. The van der Waals surface area contributed by atoms with E-state index in [4.69, 9.17) is 0 Å². The van der Waals surface area contributed by atoms with Crippen molar-refractivity contribution >= 4 is 0 Å². The summed E-state index contributed by atoms with van der Waals surface area (Å²) >= 11 is 0. The summed E-state index contributed by atoms with van der Waals surface area (Å²) in [5.41, 5.74) is 4.00. The van der Waals surface area contributed by atoms with Gasteiger partial charge in [0.25, 0.3) is 0 Å². The van der Waals surface area contributed by atoms with Gasteiger partial charge in [0.15, 0.2) is 0 Å². The second-order valence-electron chi connectivity index (χ2n) is 3.40. The van der Waals surface area contributed by atoms with E-state index in [1.165, 1.54) is 23.1 Å². The lowest BCUT2D eigenvalue weighted by Gasteiger charge is -2.05. The molecule has 0 spiro atoms. The summed E-state index contributed by atoms with van der Waals surface area (Å²) in [6.45, 7) is 12.7. The molecule has 0 aromatic carbocycles. The van der Waals surface area contributed by atoms with E-state index in [1.807, 2.05) is 0 Å². The Labute approximate surface area is 83.0 Å². The first-order valence-electron chi connectivity index (χ1n) is 5.17. The highest BCUT2D eigenvalue weighted by atomic mass is 14.0. The van der Waals surface area contributed by atoms with Gasteiger partial charge in [0, 0.05) is 0 Å². The topological polar surface area (TPSA) is 0 Å². The third kappa shape index (κ3) is 4.72. The number of hydrogen-bond donors (Lipinski definition) is 0. The van der Waals surface area contributed by atoms with Crippen molar-refractivity contribution < 1.29 is 0 Å². The van der Waals surface area contributed by atoms with Crippen LogP contribution in [0.4, 0.5) is 0 Å². The molecule has 0 rings (SSSR count). The van der Waals surface area contributed by atoms with Gasteiger partial charge in [-0.05, 0) is 32.3 Å². The third-order valence-corrected chi connectivity index (χ3v) is 2.29. The maximum Gasteiger partial charge on any atom is -0.0285 e. The summed E-state index contributed by atoms with van der Waals surface area (Å²) in [6.07, 6.45) is 7.82. The first-order valence-corrected chi connectivity index (χ1v) is 5.17. The van der Waals surface area contributed by atoms with Gasteiger partial charge in [-0.2, -0.15) is 0 Å². The van der Waals surface area contributed by atoms with Crippen LogP contribution < -0.4 is 0 Å². The number of rotatable bonds is 5. The van der Waals surface area contributed by atoms with Gasteiger partial charge in [-0.3, -0.25) is 0 Å². The van der Waals surface area contributed by atoms with E-state index in [0.29, 0.717) is 0 Å². The lowest BCUT2D eigenvalue weighted by atomic mass is 10.0. The monoisotopic (exact) mass is 178 g/mol. The zero-order chi connectivity index (χ0) is 10.3. The average Bonchev–Trinajstić information content (AvgIpc) is 2.14. The molecule has 0 bridgehead atoms. The number of allylic oxidation sites excluding steroid dienone is 5. The fraction of sp³-hybridized carbons (Fsp3) is 0.538. The van der Waals surface area contributed by atoms with Crippen LogP contribution >= 0.6 is 0 Å². The Kier molecular flexibility index (Phi) is 6.30. The molecule has 0 aromatic heterocycles. The standard InChI is InChI=1S/C13H22/c1-6-9-11(4)12(5)10-13(7-2)8-3/h7,10H,4,6,8-9H2,1-3,5H3/b12-10-,13-7-. The van der Waals surface area contributed by atoms with Gasteiger partial charge < -0.3 is 0 Å². The summed E-state index contributed by atoms with van der Waals surface area (Å²) in [6, 6.07) is 0. The SMILES string of the molecule is C=C(CCC)/C(C)=C\C(=C/C)CC. The van der Waals surface area contributed by atoms with Crippen molar-refractivity contribution in [3.8, 4) is 0 Å². The molecule has 0 N–H and O–H groups in total. The molecule has 74 valence electrons. The molecular formula is C13H22. The van der Waals surface area contributed by atoms with Gasteiger partial charge in [0.2, 0.25) is 0 Å². The van der Waals surface area contributed by atoms with Crippen molar-refractivity contribution in [2.75, 3.05) is 0 Å². The third-order valence-electron chi connectivity index (χ3n) is 2.29. The molecular weight excluding hydrogens is 156 g/mol. The molecule has 0 amide bonds. The number of hydrogen-bond acceptors (Lipinski definition) is 0. The van der Waals surface area contributed by atoms with E-state index in [0.717, 1.165) is 12.8 Å². The fourth-order valence-electron chi connectivity index (χ4n) is 1.27. The molecule has 0 aliphatic heterocycles. The van der Waals surface area contributed by atoms with Crippen molar-refractivity contribution in [1.29, 1.82) is 0 Å². The molecule has 0 aliphatic carbocycles. The van der Waals surface area contributed by atoms with E-state index < -0.39 is 0 Å². The van der Waals surface area contributed by atoms with Crippen LogP contribution in [-0.2, 0) is 0 Å². The summed E-state index contributed by atoms with van der Waals surface area (Å²) < 4.78 is 0. The van der Waals surface area contributed by atoms with Gasteiger partial charge >= 0.3 is 0 Å². The summed E-state index contributed by atoms with van der Waals surface area (Å²) in [4.78, 5) is 0. The largest absolute Gasteiger partial charge is 0.0956 e. The molecule has 0 nitrogen and oxygen atoms in total. The molecule has 0 radical (unpaired) electrons. The van der Waals surface area contributed by atoms with Crippen molar-refractivity contribution in [2.24, 2.45) is 0 Å². The van der Waals surface area contributed by atoms with Gasteiger partial charge in [-0.1, -0.05) is 50.1 Å². The first-order chi connectivity index (χ1) is 6.15. The Morgan fingerprint density at radius 3 is 2.31 bits per heavy atom. The van der Waals surface area contributed by atoms with Crippen LogP contribution in [0.1, 0.15) is 47.0 Å². The van der Waals surface area contributed by atoms with Crippen LogP contribution in [0.2, 0.25) is 0 Å². The molecule has 0 aromatic rings. The molecule has 0 unspecified atom stereocenters. The van der Waals surface area contributed by atoms with Crippen molar-refractivity contribution in [3.63, 3.8) is 0 Å². The molecule has 13 heavy (non-hydrogen) atoms. The van der Waals surface area contributed by atoms with Crippen LogP contribution in [0.5, 0.6) is 0 Å². The highest BCUT2D eigenvalue weighted by Gasteiger charge is 1.96. The molecule has 0 fully saturated rings. The molecule has 0 saturated carbocycles. The molecule has 0 aliphatic rings. The lowest BCUT2D eigenvalue weighted by molar-refractivity contribution is 0.914. The first kappa shape index (κ1) is 12.2. The zero-order valence-corrected chi connectivity index (χ0v) is 9.48. The molecule has 0 saturated heterocycles. The normalized spacial score (nSPS) is 13.2. The Morgan fingerprint density at radius 2 is 1.92 bits per heavy atom. The van der Waals surface area contributed by atoms with Crippen LogP contribution in [0.15, 0.2) is 35.5 Å².